The number of rotatable bonds is 6. The van der Waals surface area contributed by atoms with E-state index in [1.165, 1.54) is 6.33 Å². The SMILES string of the molecule is O=C(Nc1cn(Cc2ccc(Cl)c(Cl)c2)cn1)c1cnc(CO)c(C(F)F)c1. The summed E-state index contributed by atoms with van der Waals surface area (Å²) >= 11 is 11.9. The smallest absolute Gasteiger partial charge is 0.265 e. The number of aromatic nitrogens is 3. The number of pyridine rings is 1. The number of anilines is 1. The molecule has 0 radical (unpaired) electrons. The van der Waals surface area contributed by atoms with E-state index < -0.39 is 24.5 Å². The first-order valence-corrected chi connectivity index (χ1v) is 8.78. The van der Waals surface area contributed by atoms with Crippen LogP contribution in [0, 0.1) is 0 Å². The van der Waals surface area contributed by atoms with Crippen LogP contribution >= 0.6 is 23.2 Å². The molecule has 0 saturated carbocycles. The number of aliphatic hydroxyl groups is 1. The summed E-state index contributed by atoms with van der Waals surface area (Å²) in [4.78, 5) is 20.1. The Labute approximate surface area is 168 Å². The lowest BCUT2D eigenvalue weighted by Gasteiger charge is -2.08. The summed E-state index contributed by atoms with van der Waals surface area (Å²) in [6.45, 7) is -0.192. The van der Waals surface area contributed by atoms with Crippen molar-refractivity contribution in [3.8, 4) is 0 Å². The normalized spacial score (nSPS) is 11.1. The second kappa shape index (κ2) is 8.64. The van der Waals surface area contributed by atoms with Crippen LogP contribution in [0.3, 0.4) is 0 Å². The van der Waals surface area contributed by atoms with Crippen molar-refractivity contribution in [1.29, 1.82) is 0 Å². The lowest BCUT2D eigenvalue weighted by atomic mass is 10.1. The van der Waals surface area contributed by atoms with Gasteiger partial charge in [-0.25, -0.2) is 13.8 Å². The first kappa shape index (κ1) is 20.2. The van der Waals surface area contributed by atoms with E-state index in [0.717, 1.165) is 17.8 Å². The average molecular weight is 427 g/mol. The van der Waals surface area contributed by atoms with Crippen LogP contribution in [0.5, 0.6) is 0 Å². The van der Waals surface area contributed by atoms with Gasteiger partial charge in [-0.1, -0.05) is 29.3 Å². The third-order valence-corrected chi connectivity index (χ3v) is 4.61. The summed E-state index contributed by atoms with van der Waals surface area (Å²) in [6.07, 6.45) is 1.37. The van der Waals surface area contributed by atoms with Crippen molar-refractivity contribution in [3.05, 3.63) is 75.4 Å². The molecule has 1 aromatic carbocycles. The van der Waals surface area contributed by atoms with Gasteiger partial charge in [0.25, 0.3) is 12.3 Å². The summed E-state index contributed by atoms with van der Waals surface area (Å²) in [6, 6.07) is 6.23. The van der Waals surface area contributed by atoms with E-state index >= 15 is 0 Å². The Kier molecular flexibility index (Phi) is 6.23. The van der Waals surface area contributed by atoms with Crippen molar-refractivity contribution in [1.82, 2.24) is 14.5 Å². The van der Waals surface area contributed by atoms with Gasteiger partial charge < -0.3 is 15.0 Å². The summed E-state index contributed by atoms with van der Waals surface area (Å²) < 4.78 is 27.8. The van der Waals surface area contributed by atoms with Crippen LogP contribution in [-0.4, -0.2) is 25.5 Å². The van der Waals surface area contributed by atoms with Crippen LogP contribution in [0.1, 0.15) is 33.6 Å². The average Bonchev–Trinajstić information content (AvgIpc) is 3.10. The standard InChI is InChI=1S/C18H14Cl2F2N4O2/c19-13-2-1-10(3-14(13)20)6-26-7-16(24-9-26)25-18(28)11-4-12(17(21)22)15(8-27)23-5-11/h1-5,7,9,17,27H,6,8H2,(H,25,28). The van der Waals surface area contributed by atoms with Crippen LogP contribution in [0.2, 0.25) is 10.0 Å². The van der Waals surface area contributed by atoms with E-state index in [1.807, 2.05) is 6.07 Å². The molecule has 0 fully saturated rings. The number of nitrogens with zero attached hydrogens (tertiary/aromatic N) is 3. The highest BCUT2D eigenvalue weighted by Crippen LogP contribution is 2.24. The Bertz CT molecular complexity index is 1010. The Balaban J connectivity index is 1.71. The molecule has 0 saturated heterocycles. The Morgan fingerprint density at radius 1 is 1.21 bits per heavy atom. The Morgan fingerprint density at radius 2 is 2.00 bits per heavy atom. The maximum Gasteiger partial charge on any atom is 0.265 e. The number of halogens is 4. The molecule has 0 unspecified atom stereocenters. The third kappa shape index (κ3) is 4.64. The van der Waals surface area contributed by atoms with Crippen LogP contribution in [-0.2, 0) is 13.2 Å². The van der Waals surface area contributed by atoms with Gasteiger partial charge in [-0.2, -0.15) is 0 Å². The number of amides is 1. The minimum atomic E-state index is -2.85. The topological polar surface area (TPSA) is 80.0 Å². The number of aliphatic hydroxyl groups excluding tert-OH is 1. The molecular formula is C18H14Cl2F2N4O2. The first-order valence-electron chi connectivity index (χ1n) is 8.02. The van der Waals surface area contributed by atoms with E-state index in [9.17, 15) is 13.6 Å². The second-order valence-corrected chi connectivity index (χ2v) is 6.67. The van der Waals surface area contributed by atoms with Gasteiger partial charge in [0.1, 0.15) is 0 Å². The zero-order chi connectivity index (χ0) is 20.3. The second-order valence-electron chi connectivity index (χ2n) is 5.85. The van der Waals surface area contributed by atoms with Gasteiger partial charge in [-0.05, 0) is 23.8 Å². The molecule has 28 heavy (non-hydrogen) atoms. The minimum absolute atomic E-state index is 0.0634. The lowest BCUT2D eigenvalue weighted by molar-refractivity contribution is 0.102. The molecule has 0 bridgehead atoms. The van der Waals surface area contributed by atoms with Gasteiger partial charge in [0.15, 0.2) is 5.82 Å². The molecule has 0 aliphatic heterocycles. The van der Waals surface area contributed by atoms with Gasteiger partial charge in [0.05, 0.1) is 34.2 Å². The molecule has 0 aliphatic rings. The Hall–Kier alpha value is -2.55. The fraction of sp³-hybridized carbons (Fsp3) is 0.167. The fourth-order valence-corrected chi connectivity index (χ4v) is 2.82. The molecule has 1 amide bonds. The lowest BCUT2D eigenvalue weighted by Crippen LogP contribution is -2.14. The summed E-state index contributed by atoms with van der Waals surface area (Å²) in [5, 5.41) is 12.5. The number of nitrogens with one attached hydrogen (secondary N) is 1. The van der Waals surface area contributed by atoms with Gasteiger partial charge in [-0.15, -0.1) is 0 Å². The zero-order valence-corrected chi connectivity index (χ0v) is 15.8. The number of carbonyl (C=O) groups excluding carboxylic acids is 1. The van der Waals surface area contributed by atoms with Crippen molar-refractivity contribution < 1.29 is 18.7 Å². The monoisotopic (exact) mass is 426 g/mol. The molecule has 0 atom stereocenters. The fourth-order valence-electron chi connectivity index (χ4n) is 2.50. The maximum atomic E-state index is 13.0. The number of hydrogen-bond donors (Lipinski definition) is 2. The molecule has 3 aromatic rings. The number of alkyl halides is 2. The number of benzene rings is 1. The van der Waals surface area contributed by atoms with Gasteiger partial charge in [0, 0.05) is 24.5 Å². The van der Waals surface area contributed by atoms with Crippen molar-refractivity contribution in [3.63, 3.8) is 0 Å². The van der Waals surface area contributed by atoms with E-state index in [0.29, 0.717) is 16.6 Å². The summed E-state index contributed by atoms with van der Waals surface area (Å²) in [7, 11) is 0. The van der Waals surface area contributed by atoms with Crippen molar-refractivity contribution in [2.24, 2.45) is 0 Å². The van der Waals surface area contributed by atoms with Gasteiger partial charge in [0.2, 0.25) is 0 Å². The molecule has 6 nitrogen and oxygen atoms in total. The predicted octanol–water partition coefficient (Wildman–Crippen LogP) is 4.32. The van der Waals surface area contributed by atoms with Crippen molar-refractivity contribution in [2.45, 2.75) is 19.6 Å². The maximum absolute atomic E-state index is 13.0. The first-order chi connectivity index (χ1) is 13.4. The quantitative estimate of drug-likeness (QED) is 0.615. The summed E-state index contributed by atoms with van der Waals surface area (Å²) in [5.41, 5.74) is 0.166. The third-order valence-electron chi connectivity index (χ3n) is 3.87. The molecule has 10 heteroatoms. The van der Waals surface area contributed by atoms with Crippen molar-refractivity contribution in [2.75, 3.05) is 5.32 Å². The largest absolute Gasteiger partial charge is 0.390 e. The predicted molar refractivity (Wildman–Crippen MR) is 101 cm³/mol. The number of hydrogen-bond acceptors (Lipinski definition) is 4. The van der Waals surface area contributed by atoms with Crippen LogP contribution in [0.15, 0.2) is 43.0 Å². The van der Waals surface area contributed by atoms with E-state index in [4.69, 9.17) is 28.3 Å². The van der Waals surface area contributed by atoms with E-state index in [-0.39, 0.29) is 17.1 Å². The van der Waals surface area contributed by atoms with Crippen LogP contribution in [0.4, 0.5) is 14.6 Å². The highest BCUT2D eigenvalue weighted by atomic mass is 35.5. The van der Waals surface area contributed by atoms with Gasteiger partial charge >= 0.3 is 0 Å². The van der Waals surface area contributed by atoms with E-state index in [1.54, 1.807) is 22.9 Å². The molecule has 146 valence electrons. The Morgan fingerprint density at radius 3 is 2.68 bits per heavy atom. The minimum Gasteiger partial charge on any atom is -0.390 e. The molecule has 2 aromatic heterocycles. The van der Waals surface area contributed by atoms with Gasteiger partial charge in [-0.3, -0.25) is 9.78 Å². The zero-order valence-electron chi connectivity index (χ0n) is 14.2. The summed E-state index contributed by atoms with van der Waals surface area (Å²) in [5.74, 6) is -0.395. The molecule has 2 N–H and O–H groups in total. The highest BCUT2D eigenvalue weighted by Gasteiger charge is 2.18. The number of carbonyl (C=O) groups is 1. The molecule has 2 heterocycles. The highest BCUT2D eigenvalue weighted by molar-refractivity contribution is 6.42. The van der Waals surface area contributed by atoms with Crippen LogP contribution in [0.25, 0.3) is 0 Å². The van der Waals surface area contributed by atoms with Crippen LogP contribution < -0.4 is 5.32 Å². The molecular weight excluding hydrogens is 413 g/mol. The molecule has 0 spiro atoms. The number of imidazole rings is 1. The van der Waals surface area contributed by atoms with E-state index in [2.05, 4.69) is 15.3 Å². The van der Waals surface area contributed by atoms with Crippen molar-refractivity contribution >= 4 is 34.9 Å². The molecule has 0 aliphatic carbocycles. The molecule has 3 rings (SSSR count).